The van der Waals surface area contributed by atoms with Crippen LogP contribution in [0.1, 0.15) is 31.0 Å². The molecule has 2 aromatic rings. The number of nitrogens with zero attached hydrogens (tertiary/aromatic N) is 3. The van der Waals surface area contributed by atoms with Crippen molar-refractivity contribution in [3.05, 3.63) is 41.9 Å². The second-order valence-electron chi connectivity index (χ2n) is 6.19. The van der Waals surface area contributed by atoms with Gasteiger partial charge in [0.15, 0.2) is 0 Å². The van der Waals surface area contributed by atoms with Gasteiger partial charge in [0.1, 0.15) is 11.6 Å². The Morgan fingerprint density at radius 2 is 2.29 bits per heavy atom. The van der Waals surface area contributed by atoms with E-state index in [9.17, 15) is 0 Å². The zero-order valence-electron chi connectivity index (χ0n) is 12.9. The highest BCUT2D eigenvalue weighted by atomic mass is 16.3. The molecule has 0 spiro atoms. The fourth-order valence-electron chi connectivity index (χ4n) is 2.69. The molecule has 0 aromatic carbocycles. The lowest BCUT2D eigenvalue weighted by molar-refractivity contribution is 0.194. The number of aromatic nitrogens is 2. The van der Waals surface area contributed by atoms with Gasteiger partial charge in [-0.05, 0) is 18.5 Å². The zero-order chi connectivity index (χ0) is 14.7. The van der Waals surface area contributed by atoms with Crippen LogP contribution in [0.4, 0.5) is 0 Å². The molecule has 0 amide bonds. The number of hydrogen-bond donors (Lipinski definition) is 1. The summed E-state index contributed by atoms with van der Waals surface area (Å²) in [7, 11) is 0. The van der Waals surface area contributed by atoms with Gasteiger partial charge >= 0.3 is 0 Å². The van der Waals surface area contributed by atoms with Crippen LogP contribution in [-0.2, 0) is 26.2 Å². The standard InChI is InChI=1S/C16H24N4O/c1-13(2)8-17-9-14-7-15(21-12-14)10-19-5-6-20-4-3-18-16(20)11-19/h3-4,7,12-13,17H,5-6,8-11H2,1-2H3. The van der Waals surface area contributed by atoms with Crippen molar-refractivity contribution in [2.75, 3.05) is 13.1 Å². The Morgan fingerprint density at radius 3 is 3.14 bits per heavy atom. The van der Waals surface area contributed by atoms with E-state index in [-0.39, 0.29) is 0 Å². The largest absolute Gasteiger partial charge is 0.468 e. The predicted molar refractivity (Wildman–Crippen MR) is 81.6 cm³/mol. The highest BCUT2D eigenvalue weighted by molar-refractivity contribution is 5.13. The van der Waals surface area contributed by atoms with Crippen LogP contribution in [0.15, 0.2) is 29.1 Å². The third-order valence-electron chi connectivity index (χ3n) is 3.79. The predicted octanol–water partition coefficient (Wildman–Crippen LogP) is 2.24. The summed E-state index contributed by atoms with van der Waals surface area (Å²) in [5.74, 6) is 2.86. The average molecular weight is 288 g/mol. The number of imidazole rings is 1. The van der Waals surface area contributed by atoms with Crippen LogP contribution >= 0.6 is 0 Å². The first kappa shape index (κ1) is 14.4. The average Bonchev–Trinajstić information content (AvgIpc) is 3.07. The van der Waals surface area contributed by atoms with E-state index in [2.05, 4.69) is 45.9 Å². The minimum Gasteiger partial charge on any atom is -0.468 e. The minimum absolute atomic E-state index is 0.675. The van der Waals surface area contributed by atoms with Crippen molar-refractivity contribution in [3.8, 4) is 0 Å². The number of hydrogen-bond acceptors (Lipinski definition) is 4. The molecule has 1 aliphatic rings. The third kappa shape index (κ3) is 3.74. The van der Waals surface area contributed by atoms with Gasteiger partial charge in [-0.3, -0.25) is 4.90 Å². The number of rotatable bonds is 6. The van der Waals surface area contributed by atoms with Gasteiger partial charge in [0.05, 0.1) is 19.4 Å². The van der Waals surface area contributed by atoms with Gasteiger partial charge in [-0.15, -0.1) is 0 Å². The molecule has 0 radical (unpaired) electrons. The highest BCUT2D eigenvalue weighted by Crippen LogP contribution is 2.15. The Kier molecular flexibility index (Phi) is 4.41. The summed E-state index contributed by atoms with van der Waals surface area (Å²) in [6, 6.07) is 2.16. The van der Waals surface area contributed by atoms with Crippen molar-refractivity contribution in [2.45, 2.75) is 40.0 Å². The van der Waals surface area contributed by atoms with Gasteiger partial charge in [-0.25, -0.2) is 4.98 Å². The normalized spacial score (nSPS) is 15.6. The lowest BCUT2D eigenvalue weighted by atomic mass is 10.2. The molecular weight excluding hydrogens is 264 g/mol. The third-order valence-corrected chi connectivity index (χ3v) is 3.79. The maximum atomic E-state index is 5.69. The Balaban J connectivity index is 1.51. The molecule has 0 bridgehead atoms. The van der Waals surface area contributed by atoms with Crippen molar-refractivity contribution in [1.29, 1.82) is 0 Å². The van der Waals surface area contributed by atoms with E-state index < -0.39 is 0 Å². The zero-order valence-corrected chi connectivity index (χ0v) is 12.9. The van der Waals surface area contributed by atoms with Crippen LogP contribution in [0.5, 0.6) is 0 Å². The molecule has 0 atom stereocenters. The maximum Gasteiger partial charge on any atom is 0.122 e. The van der Waals surface area contributed by atoms with E-state index in [1.54, 1.807) is 0 Å². The Hall–Kier alpha value is -1.59. The lowest BCUT2D eigenvalue weighted by Gasteiger charge is -2.26. The monoisotopic (exact) mass is 288 g/mol. The highest BCUT2D eigenvalue weighted by Gasteiger charge is 2.17. The summed E-state index contributed by atoms with van der Waals surface area (Å²) in [6.45, 7) is 10.2. The molecule has 21 heavy (non-hydrogen) atoms. The van der Waals surface area contributed by atoms with E-state index in [1.165, 1.54) is 5.56 Å². The van der Waals surface area contributed by atoms with Gasteiger partial charge in [0.2, 0.25) is 0 Å². The Bertz CT molecular complexity index is 572. The van der Waals surface area contributed by atoms with Crippen LogP contribution < -0.4 is 5.32 Å². The molecule has 114 valence electrons. The summed E-state index contributed by atoms with van der Waals surface area (Å²) in [4.78, 5) is 6.77. The summed E-state index contributed by atoms with van der Waals surface area (Å²) in [5.41, 5.74) is 1.23. The topological polar surface area (TPSA) is 46.2 Å². The fourth-order valence-corrected chi connectivity index (χ4v) is 2.69. The molecule has 3 heterocycles. The molecule has 0 saturated heterocycles. The molecule has 0 fully saturated rings. The fraction of sp³-hybridized carbons (Fsp3) is 0.562. The minimum atomic E-state index is 0.675. The summed E-state index contributed by atoms with van der Waals surface area (Å²) >= 11 is 0. The van der Waals surface area contributed by atoms with Crippen molar-refractivity contribution in [2.24, 2.45) is 5.92 Å². The van der Waals surface area contributed by atoms with Crippen LogP contribution in [0.3, 0.4) is 0 Å². The van der Waals surface area contributed by atoms with E-state index in [0.717, 1.165) is 50.9 Å². The first-order valence-corrected chi connectivity index (χ1v) is 7.70. The SMILES string of the molecule is CC(C)CNCc1coc(CN2CCn3ccnc3C2)c1. The van der Waals surface area contributed by atoms with Gasteiger partial charge in [-0.1, -0.05) is 13.8 Å². The van der Waals surface area contributed by atoms with Crippen molar-refractivity contribution >= 4 is 0 Å². The molecule has 2 aromatic heterocycles. The van der Waals surface area contributed by atoms with Crippen molar-refractivity contribution in [1.82, 2.24) is 19.8 Å². The maximum absolute atomic E-state index is 5.69. The van der Waals surface area contributed by atoms with Crippen LogP contribution in [0, 0.1) is 5.92 Å². The molecule has 5 heteroatoms. The number of furan rings is 1. The van der Waals surface area contributed by atoms with Gasteiger partial charge in [0, 0.05) is 37.6 Å². The molecule has 5 nitrogen and oxygen atoms in total. The first-order valence-electron chi connectivity index (χ1n) is 7.70. The quantitative estimate of drug-likeness (QED) is 0.885. The Morgan fingerprint density at radius 1 is 1.38 bits per heavy atom. The lowest BCUT2D eigenvalue weighted by Crippen LogP contribution is -2.33. The molecular formula is C16H24N4O. The van der Waals surface area contributed by atoms with E-state index in [0.29, 0.717) is 5.92 Å². The van der Waals surface area contributed by atoms with E-state index in [1.807, 2.05) is 12.5 Å². The second-order valence-corrected chi connectivity index (χ2v) is 6.19. The van der Waals surface area contributed by atoms with Gasteiger partial charge in [0.25, 0.3) is 0 Å². The van der Waals surface area contributed by atoms with Crippen LogP contribution in [-0.4, -0.2) is 27.5 Å². The summed E-state index contributed by atoms with van der Waals surface area (Å²) in [5, 5.41) is 3.44. The van der Waals surface area contributed by atoms with Crippen LogP contribution in [0.25, 0.3) is 0 Å². The second kappa shape index (κ2) is 6.45. The molecule has 1 N–H and O–H groups in total. The van der Waals surface area contributed by atoms with Gasteiger partial charge in [-0.2, -0.15) is 0 Å². The van der Waals surface area contributed by atoms with Gasteiger partial charge < -0.3 is 14.3 Å². The Labute approximate surface area is 126 Å². The first-order chi connectivity index (χ1) is 10.2. The van der Waals surface area contributed by atoms with Crippen LogP contribution in [0.2, 0.25) is 0 Å². The molecule has 3 rings (SSSR count). The van der Waals surface area contributed by atoms with E-state index in [4.69, 9.17) is 4.42 Å². The number of nitrogens with one attached hydrogen (secondary N) is 1. The summed E-state index contributed by atoms with van der Waals surface area (Å²) < 4.78 is 7.91. The number of fused-ring (bicyclic) bond motifs is 1. The summed E-state index contributed by atoms with van der Waals surface area (Å²) in [6.07, 6.45) is 5.80. The molecule has 1 aliphatic heterocycles. The molecule has 0 unspecified atom stereocenters. The molecule has 0 aliphatic carbocycles. The molecule has 0 saturated carbocycles. The smallest absolute Gasteiger partial charge is 0.122 e. The van der Waals surface area contributed by atoms with E-state index >= 15 is 0 Å². The van der Waals surface area contributed by atoms with Crippen molar-refractivity contribution < 1.29 is 4.42 Å². The van der Waals surface area contributed by atoms with Crippen molar-refractivity contribution in [3.63, 3.8) is 0 Å².